The summed E-state index contributed by atoms with van der Waals surface area (Å²) in [5.74, 6) is -0.0243. The number of nitrogens with one attached hydrogen (secondary N) is 1. The number of rotatable bonds is 6. The Morgan fingerprint density at radius 3 is 2.85 bits per heavy atom. The van der Waals surface area contributed by atoms with Crippen LogP contribution in [0.3, 0.4) is 0 Å². The standard InChI is InChI=1S/C15H19N3O2/c1-10(2)17-7-8-20-14-11-5-3-4-6-13(11)18-9-12(14)15(16)19/h3-6,9-10,17H,7-8H2,1-2H3,(H2,16,19). The lowest BCUT2D eigenvalue weighted by atomic mass is 10.1. The number of ether oxygens (including phenoxy) is 1. The minimum absolute atomic E-state index is 0.313. The zero-order valence-electron chi connectivity index (χ0n) is 11.7. The molecule has 5 heteroatoms. The first-order chi connectivity index (χ1) is 9.59. The van der Waals surface area contributed by atoms with E-state index >= 15 is 0 Å². The van der Waals surface area contributed by atoms with Crippen molar-refractivity contribution < 1.29 is 9.53 Å². The summed E-state index contributed by atoms with van der Waals surface area (Å²) in [5.41, 5.74) is 6.48. The van der Waals surface area contributed by atoms with Crippen LogP contribution in [0, 0.1) is 0 Å². The highest BCUT2D eigenvalue weighted by Gasteiger charge is 2.14. The number of fused-ring (bicyclic) bond motifs is 1. The number of carbonyl (C=O) groups excluding carboxylic acids is 1. The third-order valence-electron chi connectivity index (χ3n) is 2.89. The molecule has 2 aromatic rings. The van der Waals surface area contributed by atoms with Gasteiger partial charge in [-0.15, -0.1) is 0 Å². The van der Waals surface area contributed by atoms with Crippen molar-refractivity contribution in [3.05, 3.63) is 36.0 Å². The molecule has 1 aromatic heterocycles. The van der Waals surface area contributed by atoms with Crippen molar-refractivity contribution >= 4 is 16.8 Å². The molecule has 20 heavy (non-hydrogen) atoms. The van der Waals surface area contributed by atoms with Gasteiger partial charge in [-0.2, -0.15) is 0 Å². The summed E-state index contributed by atoms with van der Waals surface area (Å²) < 4.78 is 5.76. The average molecular weight is 273 g/mol. The second kappa shape index (κ2) is 6.34. The normalized spacial score (nSPS) is 10.9. The van der Waals surface area contributed by atoms with Crippen LogP contribution in [0.5, 0.6) is 5.75 Å². The van der Waals surface area contributed by atoms with Crippen LogP contribution >= 0.6 is 0 Å². The van der Waals surface area contributed by atoms with Crippen LogP contribution in [0.2, 0.25) is 0 Å². The summed E-state index contributed by atoms with van der Waals surface area (Å²) in [6.45, 7) is 5.30. The molecule has 0 spiro atoms. The molecule has 0 unspecified atom stereocenters. The molecule has 0 fully saturated rings. The predicted octanol–water partition coefficient (Wildman–Crippen LogP) is 1.71. The molecular formula is C15H19N3O2. The Balaban J connectivity index is 2.28. The molecule has 1 amide bonds. The number of amides is 1. The molecule has 106 valence electrons. The fourth-order valence-corrected chi connectivity index (χ4v) is 1.95. The van der Waals surface area contributed by atoms with E-state index < -0.39 is 5.91 Å². The molecule has 0 aliphatic heterocycles. The third-order valence-corrected chi connectivity index (χ3v) is 2.89. The SMILES string of the molecule is CC(C)NCCOc1c(C(N)=O)cnc2ccccc12. The maximum atomic E-state index is 11.5. The highest BCUT2D eigenvalue weighted by Crippen LogP contribution is 2.27. The summed E-state index contributed by atoms with van der Waals surface area (Å²) in [5, 5.41) is 4.06. The van der Waals surface area contributed by atoms with Gasteiger partial charge in [0.15, 0.2) is 0 Å². The molecule has 0 saturated heterocycles. The van der Waals surface area contributed by atoms with Crippen molar-refractivity contribution in [2.45, 2.75) is 19.9 Å². The Labute approximate surface area is 118 Å². The molecule has 0 radical (unpaired) electrons. The number of aromatic nitrogens is 1. The molecular weight excluding hydrogens is 254 g/mol. The van der Waals surface area contributed by atoms with Crippen molar-refractivity contribution in [2.75, 3.05) is 13.2 Å². The Bertz CT molecular complexity index is 611. The largest absolute Gasteiger partial charge is 0.491 e. The smallest absolute Gasteiger partial charge is 0.254 e. The Hall–Kier alpha value is -2.14. The van der Waals surface area contributed by atoms with Gasteiger partial charge in [0.05, 0.1) is 5.52 Å². The van der Waals surface area contributed by atoms with E-state index in [1.807, 2.05) is 24.3 Å². The van der Waals surface area contributed by atoms with Crippen molar-refractivity contribution in [1.82, 2.24) is 10.3 Å². The summed E-state index contributed by atoms with van der Waals surface area (Å²) in [6, 6.07) is 7.92. The first-order valence-corrected chi connectivity index (χ1v) is 6.63. The van der Waals surface area contributed by atoms with Crippen LogP contribution in [-0.2, 0) is 0 Å². The number of carbonyl (C=O) groups is 1. The van der Waals surface area contributed by atoms with E-state index in [0.29, 0.717) is 30.5 Å². The van der Waals surface area contributed by atoms with Gasteiger partial charge >= 0.3 is 0 Å². The number of para-hydroxylation sites is 1. The van der Waals surface area contributed by atoms with Gasteiger partial charge < -0.3 is 15.8 Å². The number of nitrogens with zero attached hydrogens (tertiary/aromatic N) is 1. The molecule has 1 heterocycles. The van der Waals surface area contributed by atoms with Crippen molar-refractivity contribution in [1.29, 1.82) is 0 Å². The first-order valence-electron chi connectivity index (χ1n) is 6.63. The Morgan fingerprint density at radius 1 is 1.40 bits per heavy atom. The maximum Gasteiger partial charge on any atom is 0.254 e. The zero-order valence-corrected chi connectivity index (χ0v) is 11.7. The minimum atomic E-state index is -0.532. The number of pyridine rings is 1. The van der Waals surface area contributed by atoms with Crippen LogP contribution in [0.15, 0.2) is 30.5 Å². The predicted molar refractivity (Wildman–Crippen MR) is 78.9 cm³/mol. The molecule has 0 bridgehead atoms. The van der Waals surface area contributed by atoms with Crippen LogP contribution in [0.4, 0.5) is 0 Å². The van der Waals surface area contributed by atoms with Crippen molar-refractivity contribution in [3.63, 3.8) is 0 Å². The van der Waals surface area contributed by atoms with Crippen LogP contribution in [0.25, 0.3) is 10.9 Å². The number of hydrogen-bond acceptors (Lipinski definition) is 4. The molecule has 0 aliphatic carbocycles. The van der Waals surface area contributed by atoms with Crippen LogP contribution < -0.4 is 15.8 Å². The van der Waals surface area contributed by atoms with Crippen molar-refractivity contribution in [3.8, 4) is 5.75 Å². The van der Waals surface area contributed by atoms with Gasteiger partial charge in [0.2, 0.25) is 0 Å². The topological polar surface area (TPSA) is 77.2 Å². The van der Waals surface area contributed by atoms with Gasteiger partial charge in [0.1, 0.15) is 17.9 Å². The van der Waals surface area contributed by atoms with Gasteiger partial charge in [-0.3, -0.25) is 9.78 Å². The van der Waals surface area contributed by atoms with Crippen molar-refractivity contribution in [2.24, 2.45) is 5.73 Å². The summed E-state index contributed by atoms with van der Waals surface area (Å²) in [7, 11) is 0. The lowest BCUT2D eigenvalue weighted by Gasteiger charge is -2.13. The van der Waals surface area contributed by atoms with Gasteiger partial charge in [0.25, 0.3) is 5.91 Å². The van der Waals surface area contributed by atoms with E-state index in [4.69, 9.17) is 10.5 Å². The second-order valence-electron chi connectivity index (χ2n) is 4.84. The second-order valence-corrected chi connectivity index (χ2v) is 4.84. The number of hydrogen-bond donors (Lipinski definition) is 2. The first kappa shape index (κ1) is 14.3. The molecule has 1 aromatic carbocycles. The summed E-state index contributed by atoms with van der Waals surface area (Å²) in [4.78, 5) is 15.7. The van der Waals surface area contributed by atoms with Crippen LogP contribution in [-0.4, -0.2) is 30.1 Å². The molecule has 0 saturated carbocycles. The zero-order chi connectivity index (χ0) is 14.5. The average Bonchev–Trinajstić information content (AvgIpc) is 2.42. The molecule has 2 rings (SSSR count). The molecule has 5 nitrogen and oxygen atoms in total. The lowest BCUT2D eigenvalue weighted by Crippen LogP contribution is -2.28. The quantitative estimate of drug-likeness (QED) is 0.785. The molecule has 0 aliphatic rings. The highest BCUT2D eigenvalue weighted by molar-refractivity contribution is 6.01. The summed E-state index contributed by atoms with van der Waals surface area (Å²) >= 11 is 0. The Morgan fingerprint density at radius 2 is 2.15 bits per heavy atom. The van der Waals surface area contributed by atoms with E-state index in [1.165, 1.54) is 6.20 Å². The van der Waals surface area contributed by atoms with Gasteiger partial charge in [0, 0.05) is 24.2 Å². The highest BCUT2D eigenvalue weighted by atomic mass is 16.5. The Kier molecular flexibility index (Phi) is 4.53. The van der Waals surface area contributed by atoms with E-state index in [2.05, 4.69) is 24.1 Å². The van der Waals surface area contributed by atoms with Crippen LogP contribution in [0.1, 0.15) is 24.2 Å². The number of nitrogens with two attached hydrogens (primary N) is 1. The van der Waals surface area contributed by atoms with E-state index in [-0.39, 0.29) is 0 Å². The lowest BCUT2D eigenvalue weighted by molar-refractivity contribution is 0.0996. The fourth-order valence-electron chi connectivity index (χ4n) is 1.95. The summed E-state index contributed by atoms with van der Waals surface area (Å²) in [6.07, 6.45) is 1.47. The number of primary amides is 1. The minimum Gasteiger partial charge on any atom is -0.491 e. The van der Waals surface area contributed by atoms with Gasteiger partial charge in [-0.1, -0.05) is 26.0 Å². The monoisotopic (exact) mass is 273 g/mol. The van der Waals surface area contributed by atoms with Gasteiger partial charge in [-0.05, 0) is 12.1 Å². The van der Waals surface area contributed by atoms with Gasteiger partial charge in [-0.25, -0.2) is 0 Å². The third kappa shape index (κ3) is 3.24. The van der Waals surface area contributed by atoms with E-state index in [0.717, 1.165) is 10.9 Å². The fraction of sp³-hybridized carbons (Fsp3) is 0.333. The molecule has 0 atom stereocenters. The molecule has 3 N–H and O–H groups in total. The van der Waals surface area contributed by atoms with E-state index in [9.17, 15) is 4.79 Å². The van der Waals surface area contributed by atoms with E-state index in [1.54, 1.807) is 0 Å². The number of benzene rings is 1. The maximum absolute atomic E-state index is 11.5.